The van der Waals surface area contributed by atoms with Crippen molar-refractivity contribution in [3.05, 3.63) is 76.2 Å². The number of aromatic nitrogens is 3. The van der Waals surface area contributed by atoms with Crippen molar-refractivity contribution in [2.45, 2.75) is 32.2 Å². The average molecular weight is 459 g/mol. The van der Waals surface area contributed by atoms with E-state index in [2.05, 4.69) is 56.0 Å². The maximum absolute atomic E-state index is 11.8. The molecule has 0 bridgehead atoms. The summed E-state index contributed by atoms with van der Waals surface area (Å²) in [6.07, 6.45) is 7.66. The second kappa shape index (κ2) is 9.03. The first-order valence-corrected chi connectivity index (χ1v) is 11.5. The molecule has 1 unspecified atom stereocenters. The molecule has 3 aromatic rings. The molecule has 1 fully saturated rings. The van der Waals surface area contributed by atoms with Crippen molar-refractivity contribution in [2.75, 3.05) is 10.6 Å². The molecule has 166 valence electrons. The lowest BCUT2D eigenvalue weighted by molar-refractivity contribution is -0.115. The number of hydrogen-bond donors (Lipinski definition) is 3. The van der Waals surface area contributed by atoms with Crippen molar-refractivity contribution < 1.29 is 9.59 Å². The monoisotopic (exact) mass is 458 g/mol. The number of hydrogen-bond acceptors (Lipinski definition) is 8. The van der Waals surface area contributed by atoms with Crippen LogP contribution in [0, 0.1) is 6.92 Å². The van der Waals surface area contributed by atoms with Gasteiger partial charge in [-0.25, -0.2) is 9.97 Å². The highest BCUT2D eigenvalue weighted by atomic mass is 32.2. The molecule has 2 amide bonds. The van der Waals surface area contributed by atoms with Crippen LogP contribution in [-0.2, 0) is 17.6 Å². The third-order valence-electron chi connectivity index (χ3n) is 5.55. The normalized spacial score (nSPS) is 18.7. The highest BCUT2D eigenvalue weighted by Crippen LogP contribution is 2.30. The van der Waals surface area contributed by atoms with Crippen LogP contribution in [0.3, 0.4) is 0 Å². The molecule has 2 aliphatic rings. The van der Waals surface area contributed by atoms with Crippen LogP contribution in [0.4, 0.5) is 22.1 Å². The summed E-state index contributed by atoms with van der Waals surface area (Å²) in [6.45, 7) is 2.08. The van der Waals surface area contributed by atoms with Gasteiger partial charge in [0.15, 0.2) is 0 Å². The number of fused-ring (bicyclic) bond motifs is 1. The van der Waals surface area contributed by atoms with Gasteiger partial charge in [0.1, 0.15) is 0 Å². The van der Waals surface area contributed by atoms with Crippen molar-refractivity contribution in [3.63, 3.8) is 0 Å². The molecule has 1 atom stereocenters. The second-order valence-electron chi connectivity index (χ2n) is 8.02. The van der Waals surface area contributed by atoms with Crippen LogP contribution in [0.5, 0.6) is 0 Å². The van der Waals surface area contributed by atoms with E-state index in [1.807, 2.05) is 18.3 Å². The number of aryl methyl sites for hydroxylation is 2. The molecule has 0 spiro atoms. The molecule has 9 heteroatoms. The van der Waals surface area contributed by atoms with Gasteiger partial charge in [-0.2, -0.15) is 0 Å². The SMILES string of the molecule is Cc1cccc(Nc2ccnc3c2CC(Nc2nccc(/C=C4\SC(=O)NC4=O)n2)CC3)c1. The predicted molar refractivity (Wildman–Crippen MR) is 129 cm³/mol. The molecule has 3 N–H and O–H groups in total. The summed E-state index contributed by atoms with van der Waals surface area (Å²) in [7, 11) is 0. The van der Waals surface area contributed by atoms with Crippen LogP contribution in [0.25, 0.3) is 6.08 Å². The maximum atomic E-state index is 11.8. The summed E-state index contributed by atoms with van der Waals surface area (Å²) >= 11 is 0.872. The number of nitrogens with zero attached hydrogens (tertiary/aromatic N) is 3. The van der Waals surface area contributed by atoms with Crippen molar-refractivity contribution >= 4 is 46.3 Å². The standard InChI is InChI=1S/C24H22N6O2S/c1-14-3-2-4-15(11-14)27-20-8-10-25-19-6-5-16(12-18(19)20)28-23-26-9-7-17(29-23)13-21-22(31)30-24(32)33-21/h2-4,7-11,13,16H,5-6,12H2,1H3,(H,25,27)(H,26,28,29)(H,30,31,32)/b21-13-. The molecule has 5 rings (SSSR count). The first kappa shape index (κ1) is 21.1. The number of anilines is 3. The van der Waals surface area contributed by atoms with E-state index in [1.54, 1.807) is 18.3 Å². The van der Waals surface area contributed by atoms with E-state index in [4.69, 9.17) is 0 Å². The zero-order valence-corrected chi connectivity index (χ0v) is 18.8. The van der Waals surface area contributed by atoms with Gasteiger partial charge in [-0.15, -0.1) is 0 Å². The van der Waals surface area contributed by atoms with Gasteiger partial charge in [-0.1, -0.05) is 12.1 Å². The van der Waals surface area contributed by atoms with Gasteiger partial charge in [0.2, 0.25) is 5.95 Å². The summed E-state index contributed by atoms with van der Waals surface area (Å²) in [5, 5.41) is 8.84. The maximum Gasteiger partial charge on any atom is 0.290 e. The number of thioether (sulfide) groups is 1. The summed E-state index contributed by atoms with van der Waals surface area (Å²) < 4.78 is 0. The zero-order chi connectivity index (χ0) is 22.8. The largest absolute Gasteiger partial charge is 0.355 e. The molecule has 3 heterocycles. The Balaban J connectivity index is 1.32. The first-order chi connectivity index (χ1) is 16.0. The van der Waals surface area contributed by atoms with E-state index in [0.29, 0.717) is 16.5 Å². The van der Waals surface area contributed by atoms with Gasteiger partial charge in [0.05, 0.1) is 10.6 Å². The predicted octanol–water partition coefficient (Wildman–Crippen LogP) is 4.22. The Hall–Kier alpha value is -3.72. The molecule has 1 aromatic carbocycles. The molecule has 2 aromatic heterocycles. The lowest BCUT2D eigenvalue weighted by atomic mass is 9.90. The Morgan fingerprint density at radius 3 is 2.85 bits per heavy atom. The third-order valence-corrected chi connectivity index (χ3v) is 6.36. The second-order valence-corrected chi connectivity index (χ2v) is 9.03. The van der Waals surface area contributed by atoms with E-state index >= 15 is 0 Å². The fourth-order valence-corrected chi connectivity index (χ4v) is 4.68. The number of pyridine rings is 1. The number of nitrogens with one attached hydrogen (secondary N) is 3. The van der Waals surface area contributed by atoms with Crippen LogP contribution in [-0.4, -0.2) is 32.1 Å². The van der Waals surface area contributed by atoms with E-state index in [9.17, 15) is 9.59 Å². The van der Waals surface area contributed by atoms with Crippen LogP contribution in [0.15, 0.2) is 53.7 Å². The molecule has 1 aliphatic heterocycles. The molecule has 1 aliphatic carbocycles. The van der Waals surface area contributed by atoms with Crippen molar-refractivity contribution in [3.8, 4) is 0 Å². The zero-order valence-electron chi connectivity index (χ0n) is 18.0. The van der Waals surface area contributed by atoms with Crippen molar-refractivity contribution in [1.29, 1.82) is 0 Å². The third kappa shape index (κ3) is 4.88. The van der Waals surface area contributed by atoms with Crippen LogP contribution in [0.1, 0.15) is 28.9 Å². The Morgan fingerprint density at radius 1 is 1.15 bits per heavy atom. The van der Waals surface area contributed by atoms with Crippen LogP contribution in [0.2, 0.25) is 0 Å². The first-order valence-electron chi connectivity index (χ1n) is 10.7. The van der Waals surface area contributed by atoms with Crippen LogP contribution >= 0.6 is 11.8 Å². The number of rotatable bonds is 5. The smallest absolute Gasteiger partial charge is 0.290 e. The molecule has 0 saturated carbocycles. The lowest BCUT2D eigenvalue weighted by Gasteiger charge is -2.27. The average Bonchev–Trinajstić information content (AvgIpc) is 3.11. The van der Waals surface area contributed by atoms with Gasteiger partial charge < -0.3 is 10.6 Å². The summed E-state index contributed by atoms with van der Waals surface area (Å²) in [5.41, 5.74) is 6.18. The molecular weight excluding hydrogens is 436 g/mol. The van der Waals surface area contributed by atoms with E-state index in [1.165, 1.54) is 11.1 Å². The quantitative estimate of drug-likeness (QED) is 0.488. The number of amides is 2. The van der Waals surface area contributed by atoms with E-state index in [-0.39, 0.29) is 11.3 Å². The summed E-state index contributed by atoms with van der Waals surface area (Å²) in [5.74, 6) is 0.0905. The van der Waals surface area contributed by atoms with Gasteiger partial charge in [0.25, 0.3) is 11.1 Å². The van der Waals surface area contributed by atoms with Gasteiger partial charge in [-0.3, -0.25) is 19.9 Å². The Labute approximate surface area is 195 Å². The minimum absolute atomic E-state index is 0.147. The minimum Gasteiger partial charge on any atom is -0.355 e. The van der Waals surface area contributed by atoms with Crippen LogP contribution < -0.4 is 16.0 Å². The summed E-state index contributed by atoms with van der Waals surface area (Å²) in [6, 6.07) is 12.2. The lowest BCUT2D eigenvalue weighted by Crippen LogP contribution is -2.29. The summed E-state index contributed by atoms with van der Waals surface area (Å²) in [4.78, 5) is 36.9. The molecule has 33 heavy (non-hydrogen) atoms. The van der Waals surface area contributed by atoms with Gasteiger partial charge >= 0.3 is 0 Å². The number of imide groups is 1. The molecule has 0 radical (unpaired) electrons. The molecular formula is C24H22N6O2S. The number of benzene rings is 1. The Morgan fingerprint density at radius 2 is 2.03 bits per heavy atom. The highest BCUT2D eigenvalue weighted by molar-refractivity contribution is 8.18. The highest BCUT2D eigenvalue weighted by Gasteiger charge is 2.26. The topological polar surface area (TPSA) is 109 Å². The van der Waals surface area contributed by atoms with Crippen molar-refractivity contribution in [1.82, 2.24) is 20.3 Å². The molecule has 8 nitrogen and oxygen atoms in total. The van der Waals surface area contributed by atoms with E-state index < -0.39 is 5.91 Å². The fourth-order valence-electron chi connectivity index (χ4n) is 4.02. The Bertz CT molecular complexity index is 1280. The molecule has 1 saturated heterocycles. The van der Waals surface area contributed by atoms with Gasteiger partial charge in [-0.05, 0) is 79.4 Å². The number of carbonyl (C=O) groups is 2. The van der Waals surface area contributed by atoms with E-state index in [0.717, 1.165) is 48.1 Å². The fraction of sp³-hybridized carbons (Fsp3) is 0.208. The van der Waals surface area contributed by atoms with Gasteiger partial charge in [0, 0.05) is 35.5 Å². The Kier molecular flexibility index (Phi) is 5.78. The van der Waals surface area contributed by atoms with Crippen molar-refractivity contribution in [2.24, 2.45) is 0 Å². The number of carbonyl (C=O) groups excluding carboxylic acids is 2. The minimum atomic E-state index is -0.400.